The molecule has 0 fully saturated rings. The van der Waals surface area contributed by atoms with E-state index < -0.39 is 0 Å². The van der Waals surface area contributed by atoms with Gasteiger partial charge in [0.05, 0.1) is 10.7 Å². The molecule has 0 spiro atoms. The molecule has 4 nitrogen and oxygen atoms in total. The molecule has 0 radical (unpaired) electrons. The molecule has 1 aromatic heterocycles. The molecule has 0 saturated carbocycles. The number of halogens is 1. The molecule has 0 bridgehead atoms. The van der Waals surface area contributed by atoms with Crippen LogP contribution in [0.1, 0.15) is 17.4 Å². The summed E-state index contributed by atoms with van der Waals surface area (Å²) >= 11 is 6.18. The Morgan fingerprint density at radius 2 is 1.83 bits per heavy atom. The van der Waals surface area contributed by atoms with Crippen molar-refractivity contribution in [2.24, 2.45) is 0 Å². The Bertz CT molecular complexity index is 814. The van der Waals surface area contributed by atoms with E-state index in [1.54, 1.807) is 17.0 Å². The van der Waals surface area contributed by atoms with Crippen LogP contribution in [0.15, 0.2) is 60.7 Å². The quantitative estimate of drug-likeness (QED) is 0.773. The van der Waals surface area contributed by atoms with Gasteiger partial charge in [-0.2, -0.15) is 5.10 Å². The summed E-state index contributed by atoms with van der Waals surface area (Å²) in [6.07, 6.45) is 0. The molecular weight excluding hydrogens is 310 g/mol. The van der Waals surface area contributed by atoms with Crippen LogP contribution in [0, 0.1) is 0 Å². The molecule has 1 N–H and O–H groups in total. The zero-order valence-corrected chi connectivity index (χ0v) is 13.4. The van der Waals surface area contributed by atoms with Crippen LogP contribution in [0.3, 0.4) is 0 Å². The molecule has 2 aromatic carbocycles. The number of benzene rings is 2. The maximum atomic E-state index is 12.7. The van der Waals surface area contributed by atoms with Gasteiger partial charge in [-0.15, -0.1) is 0 Å². The van der Waals surface area contributed by atoms with Crippen LogP contribution in [-0.4, -0.2) is 22.6 Å². The third-order valence-corrected chi connectivity index (χ3v) is 3.92. The molecule has 0 unspecified atom stereocenters. The number of aromatic nitrogens is 2. The van der Waals surface area contributed by atoms with Crippen molar-refractivity contribution < 1.29 is 4.79 Å². The van der Waals surface area contributed by atoms with Crippen LogP contribution in [0.25, 0.3) is 11.3 Å². The van der Waals surface area contributed by atoms with E-state index in [1.807, 2.05) is 55.5 Å². The van der Waals surface area contributed by atoms with Gasteiger partial charge in [0.2, 0.25) is 0 Å². The van der Waals surface area contributed by atoms with Gasteiger partial charge in [-0.25, -0.2) is 0 Å². The van der Waals surface area contributed by atoms with E-state index in [4.69, 9.17) is 11.6 Å². The summed E-state index contributed by atoms with van der Waals surface area (Å²) in [4.78, 5) is 14.4. The number of nitrogens with zero attached hydrogens (tertiary/aromatic N) is 2. The lowest BCUT2D eigenvalue weighted by Crippen LogP contribution is -2.30. The topological polar surface area (TPSA) is 49.0 Å². The number of carbonyl (C=O) groups excluding carboxylic acids is 1. The predicted molar refractivity (Wildman–Crippen MR) is 92.8 cm³/mol. The fraction of sp³-hybridized carbons (Fsp3) is 0.111. The first-order valence-electron chi connectivity index (χ1n) is 7.38. The molecule has 0 aliphatic rings. The van der Waals surface area contributed by atoms with E-state index in [9.17, 15) is 4.79 Å². The number of amides is 1. The Labute approximate surface area is 139 Å². The van der Waals surface area contributed by atoms with Crippen molar-refractivity contribution in [2.75, 3.05) is 11.4 Å². The second kappa shape index (κ2) is 6.67. The Morgan fingerprint density at radius 3 is 2.52 bits per heavy atom. The molecular formula is C18H16ClN3O. The smallest absolute Gasteiger partial charge is 0.276 e. The van der Waals surface area contributed by atoms with Gasteiger partial charge in [0, 0.05) is 17.8 Å². The number of nitrogens with one attached hydrogen (secondary N) is 1. The minimum atomic E-state index is -0.121. The molecule has 0 aliphatic carbocycles. The molecule has 5 heteroatoms. The lowest BCUT2D eigenvalue weighted by molar-refractivity contribution is 0.0983. The Kier molecular flexibility index (Phi) is 4.44. The van der Waals surface area contributed by atoms with Gasteiger partial charge in [0.1, 0.15) is 5.69 Å². The van der Waals surface area contributed by atoms with Gasteiger partial charge in [-0.1, -0.05) is 48.0 Å². The molecule has 0 atom stereocenters. The highest BCUT2D eigenvalue weighted by Gasteiger charge is 2.19. The van der Waals surface area contributed by atoms with Gasteiger partial charge in [0.25, 0.3) is 5.91 Å². The number of aromatic amines is 1. The molecule has 0 saturated heterocycles. The number of hydrogen-bond donors (Lipinski definition) is 1. The van der Waals surface area contributed by atoms with Gasteiger partial charge in [-0.05, 0) is 31.2 Å². The molecule has 23 heavy (non-hydrogen) atoms. The van der Waals surface area contributed by atoms with Gasteiger partial charge in [-0.3, -0.25) is 9.89 Å². The number of rotatable bonds is 4. The monoisotopic (exact) mass is 325 g/mol. The van der Waals surface area contributed by atoms with Crippen molar-refractivity contribution >= 4 is 23.2 Å². The van der Waals surface area contributed by atoms with Crippen LogP contribution < -0.4 is 4.90 Å². The third-order valence-electron chi connectivity index (χ3n) is 3.59. The fourth-order valence-electron chi connectivity index (χ4n) is 2.43. The third kappa shape index (κ3) is 3.12. The lowest BCUT2D eigenvalue weighted by atomic mass is 10.1. The standard InChI is InChI=1S/C18H16ClN3O/c1-2-22(13-8-4-3-5-9-13)18(23)17-12-16(20-21-17)14-10-6-7-11-15(14)19/h3-12H,2H2,1H3,(H,20,21). The van der Waals surface area contributed by atoms with Crippen LogP contribution >= 0.6 is 11.6 Å². The summed E-state index contributed by atoms with van der Waals surface area (Å²) in [6.45, 7) is 2.51. The molecule has 0 aliphatic heterocycles. The second-order valence-electron chi connectivity index (χ2n) is 5.03. The van der Waals surface area contributed by atoms with Crippen molar-refractivity contribution in [1.82, 2.24) is 10.2 Å². The van der Waals surface area contributed by atoms with E-state index in [0.717, 1.165) is 11.3 Å². The van der Waals surface area contributed by atoms with Crippen LogP contribution in [-0.2, 0) is 0 Å². The molecule has 1 amide bonds. The van der Waals surface area contributed by atoms with E-state index >= 15 is 0 Å². The highest BCUT2D eigenvalue weighted by Crippen LogP contribution is 2.26. The lowest BCUT2D eigenvalue weighted by Gasteiger charge is -2.19. The Hall–Kier alpha value is -2.59. The second-order valence-corrected chi connectivity index (χ2v) is 5.44. The first-order chi connectivity index (χ1) is 11.2. The van der Waals surface area contributed by atoms with Crippen molar-refractivity contribution in [3.63, 3.8) is 0 Å². The van der Waals surface area contributed by atoms with Gasteiger partial charge in [0.15, 0.2) is 0 Å². The number of anilines is 1. The van der Waals surface area contributed by atoms with Crippen molar-refractivity contribution in [3.05, 3.63) is 71.4 Å². The summed E-state index contributed by atoms with van der Waals surface area (Å²) < 4.78 is 0. The Morgan fingerprint density at radius 1 is 1.13 bits per heavy atom. The van der Waals surface area contributed by atoms with E-state index in [1.165, 1.54) is 0 Å². The number of H-pyrrole nitrogens is 1. The molecule has 3 aromatic rings. The zero-order valence-electron chi connectivity index (χ0n) is 12.7. The minimum Gasteiger partial charge on any atom is -0.307 e. The van der Waals surface area contributed by atoms with Crippen LogP contribution in [0.2, 0.25) is 5.02 Å². The fourth-order valence-corrected chi connectivity index (χ4v) is 2.67. The summed E-state index contributed by atoms with van der Waals surface area (Å²) in [5.74, 6) is -0.121. The van der Waals surface area contributed by atoms with E-state index in [2.05, 4.69) is 10.2 Å². The Balaban J connectivity index is 1.91. The van der Waals surface area contributed by atoms with Gasteiger partial charge < -0.3 is 4.90 Å². The number of para-hydroxylation sites is 1. The largest absolute Gasteiger partial charge is 0.307 e. The normalized spacial score (nSPS) is 10.5. The maximum Gasteiger partial charge on any atom is 0.276 e. The average Bonchev–Trinajstić information content (AvgIpc) is 3.06. The molecule has 3 rings (SSSR count). The SMILES string of the molecule is CCN(C(=O)c1cc(-c2ccccc2Cl)n[nH]1)c1ccccc1. The van der Waals surface area contributed by atoms with Crippen molar-refractivity contribution in [2.45, 2.75) is 6.92 Å². The van der Waals surface area contributed by atoms with E-state index in [0.29, 0.717) is 23.0 Å². The van der Waals surface area contributed by atoms with E-state index in [-0.39, 0.29) is 5.91 Å². The highest BCUT2D eigenvalue weighted by atomic mass is 35.5. The van der Waals surface area contributed by atoms with Crippen LogP contribution in [0.5, 0.6) is 0 Å². The number of carbonyl (C=O) groups is 1. The summed E-state index contributed by atoms with van der Waals surface area (Å²) in [5, 5.41) is 7.64. The average molecular weight is 326 g/mol. The summed E-state index contributed by atoms with van der Waals surface area (Å²) in [7, 11) is 0. The predicted octanol–water partition coefficient (Wildman–Crippen LogP) is 4.40. The minimum absolute atomic E-state index is 0.121. The van der Waals surface area contributed by atoms with Crippen LogP contribution in [0.4, 0.5) is 5.69 Å². The summed E-state index contributed by atoms with van der Waals surface area (Å²) in [5.41, 5.74) is 2.75. The molecule has 1 heterocycles. The van der Waals surface area contributed by atoms with Crippen molar-refractivity contribution in [1.29, 1.82) is 0 Å². The molecule has 116 valence electrons. The van der Waals surface area contributed by atoms with Gasteiger partial charge >= 0.3 is 0 Å². The maximum absolute atomic E-state index is 12.7. The number of hydrogen-bond acceptors (Lipinski definition) is 2. The highest BCUT2D eigenvalue weighted by molar-refractivity contribution is 6.33. The zero-order chi connectivity index (χ0) is 16.2. The first kappa shape index (κ1) is 15.3. The summed E-state index contributed by atoms with van der Waals surface area (Å²) in [6, 6.07) is 18.7. The van der Waals surface area contributed by atoms with Crippen molar-refractivity contribution in [3.8, 4) is 11.3 Å². The first-order valence-corrected chi connectivity index (χ1v) is 7.75.